The molecular weight excluding hydrogens is 198 g/mol. The van der Waals surface area contributed by atoms with Gasteiger partial charge in [0.1, 0.15) is 0 Å². The van der Waals surface area contributed by atoms with Crippen molar-refractivity contribution in [3.63, 3.8) is 0 Å². The van der Waals surface area contributed by atoms with Crippen LogP contribution >= 0.6 is 0 Å². The van der Waals surface area contributed by atoms with Crippen molar-refractivity contribution in [2.24, 2.45) is 0 Å². The van der Waals surface area contributed by atoms with Gasteiger partial charge < -0.3 is 4.98 Å². The Kier molecular flexibility index (Phi) is 2.49. The first-order valence-electron chi connectivity index (χ1n) is 4.62. The largest absolute Gasteiger partial charge is 0.351 e. The predicted octanol–water partition coefficient (Wildman–Crippen LogP) is 2.84. The molecule has 1 N–H and O–H groups in total. The van der Waals surface area contributed by atoms with Crippen molar-refractivity contribution in [2.45, 2.75) is 12.8 Å². The fourth-order valence-electron chi connectivity index (χ4n) is 1.52. The Morgan fingerprint density at radius 3 is 2.80 bits per heavy atom. The second kappa shape index (κ2) is 3.81. The molecule has 0 spiro atoms. The minimum absolute atomic E-state index is 0.257. The van der Waals surface area contributed by atoms with Crippen LogP contribution in [0.5, 0.6) is 0 Å². The number of hydrogen-bond acceptors (Lipinski definition) is 1. The summed E-state index contributed by atoms with van der Waals surface area (Å²) >= 11 is 0. The molecule has 2 rings (SSSR count). The van der Waals surface area contributed by atoms with Crippen LogP contribution in [0.2, 0.25) is 0 Å². The Balaban J connectivity index is 2.42. The van der Waals surface area contributed by atoms with E-state index < -0.39 is 11.6 Å². The minimum Gasteiger partial charge on any atom is -0.351 e. The number of nitrogens with one attached hydrogen (secondary N) is 1. The van der Waals surface area contributed by atoms with E-state index in [1.807, 2.05) is 0 Å². The van der Waals surface area contributed by atoms with Crippen molar-refractivity contribution in [1.29, 1.82) is 0 Å². The third-order valence-electron chi connectivity index (χ3n) is 2.41. The lowest BCUT2D eigenvalue weighted by molar-refractivity contribution is 0.495. The summed E-state index contributed by atoms with van der Waals surface area (Å²) in [6, 6.07) is 4.17. The second-order valence-electron chi connectivity index (χ2n) is 3.36. The number of imidazole rings is 1. The van der Waals surface area contributed by atoms with Gasteiger partial charge in [-0.3, -0.25) is 0 Å². The first-order valence-corrected chi connectivity index (χ1v) is 4.62. The molecule has 0 aliphatic rings. The van der Waals surface area contributed by atoms with Gasteiger partial charge in [0.25, 0.3) is 0 Å². The van der Waals surface area contributed by atoms with Gasteiger partial charge in [-0.2, -0.15) is 0 Å². The molecule has 0 saturated heterocycles. The van der Waals surface area contributed by atoms with Gasteiger partial charge in [0.15, 0.2) is 11.6 Å². The van der Waals surface area contributed by atoms with Gasteiger partial charge in [0.05, 0.1) is 12.0 Å². The van der Waals surface area contributed by atoms with Crippen LogP contribution in [0.15, 0.2) is 30.7 Å². The monoisotopic (exact) mass is 208 g/mol. The Morgan fingerprint density at radius 2 is 2.13 bits per heavy atom. The molecule has 15 heavy (non-hydrogen) atoms. The molecule has 78 valence electrons. The summed E-state index contributed by atoms with van der Waals surface area (Å²) in [6.07, 6.45) is 3.19. The van der Waals surface area contributed by atoms with Gasteiger partial charge in [-0.25, -0.2) is 13.8 Å². The predicted molar refractivity (Wildman–Crippen MR) is 52.5 cm³/mol. The van der Waals surface area contributed by atoms with Crippen LogP contribution in [0, 0.1) is 11.6 Å². The van der Waals surface area contributed by atoms with Crippen LogP contribution in [-0.4, -0.2) is 9.97 Å². The molecule has 0 unspecified atom stereocenters. The zero-order valence-corrected chi connectivity index (χ0v) is 8.17. The van der Waals surface area contributed by atoms with Crippen LogP contribution in [0.4, 0.5) is 8.78 Å². The molecule has 0 radical (unpaired) electrons. The summed E-state index contributed by atoms with van der Waals surface area (Å²) in [5.41, 5.74) is 1.02. The lowest BCUT2D eigenvalue weighted by Crippen LogP contribution is -2.01. The standard InChI is InChI=1S/C11H10F2N2/c1-7(10-5-14-6-15-10)8-3-2-4-9(12)11(8)13/h2-7H,1H3,(H,14,15)/t7-/m1/s1. The highest BCUT2D eigenvalue weighted by atomic mass is 19.2. The number of rotatable bonds is 2. The number of hydrogen-bond donors (Lipinski definition) is 1. The van der Waals surface area contributed by atoms with Crippen molar-refractivity contribution in [3.05, 3.63) is 53.6 Å². The van der Waals surface area contributed by atoms with Crippen molar-refractivity contribution in [1.82, 2.24) is 9.97 Å². The lowest BCUT2D eigenvalue weighted by Gasteiger charge is -2.10. The van der Waals surface area contributed by atoms with Gasteiger partial charge in [-0.05, 0) is 11.6 Å². The van der Waals surface area contributed by atoms with E-state index in [4.69, 9.17) is 0 Å². The lowest BCUT2D eigenvalue weighted by atomic mass is 9.98. The number of benzene rings is 1. The SMILES string of the molecule is C[C@@H](c1c[nH]cn1)c1cccc(F)c1F. The second-order valence-corrected chi connectivity index (χ2v) is 3.36. The van der Waals surface area contributed by atoms with Crippen molar-refractivity contribution < 1.29 is 8.78 Å². The third-order valence-corrected chi connectivity index (χ3v) is 2.41. The summed E-state index contributed by atoms with van der Waals surface area (Å²) in [6.45, 7) is 1.79. The van der Waals surface area contributed by atoms with Gasteiger partial charge in [0, 0.05) is 12.1 Å². The van der Waals surface area contributed by atoms with Crippen LogP contribution < -0.4 is 0 Å². The molecule has 0 aliphatic carbocycles. The maximum absolute atomic E-state index is 13.4. The van der Waals surface area contributed by atoms with Crippen LogP contribution in [0.1, 0.15) is 24.1 Å². The Hall–Kier alpha value is -1.71. The van der Waals surface area contributed by atoms with E-state index in [2.05, 4.69) is 9.97 Å². The smallest absolute Gasteiger partial charge is 0.162 e. The fraction of sp³-hybridized carbons (Fsp3) is 0.182. The zero-order valence-electron chi connectivity index (χ0n) is 8.17. The molecule has 0 bridgehead atoms. The number of nitrogens with zero attached hydrogens (tertiary/aromatic N) is 1. The number of halogens is 2. The molecule has 1 aromatic carbocycles. The number of aromatic nitrogens is 2. The Labute approximate surface area is 86.0 Å². The van der Waals surface area contributed by atoms with E-state index in [0.717, 1.165) is 6.07 Å². The van der Waals surface area contributed by atoms with Gasteiger partial charge in [0.2, 0.25) is 0 Å². The molecule has 0 fully saturated rings. The average molecular weight is 208 g/mol. The summed E-state index contributed by atoms with van der Waals surface area (Å²) in [5.74, 6) is -1.88. The summed E-state index contributed by atoms with van der Waals surface area (Å²) in [4.78, 5) is 6.81. The third kappa shape index (κ3) is 1.75. The summed E-state index contributed by atoms with van der Waals surface area (Å²) in [7, 11) is 0. The Morgan fingerprint density at radius 1 is 1.33 bits per heavy atom. The fourth-order valence-corrected chi connectivity index (χ4v) is 1.52. The van der Waals surface area contributed by atoms with E-state index in [0.29, 0.717) is 11.3 Å². The first-order chi connectivity index (χ1) is 7.20. The maximum Gasteiger partial charge on any atom is 0.162 e. The van der Waals surface area contributed by atoms with Crippen LogP contribution in [-0.2, 0) is 0 Å². The van der Waals surface area contributed by atoms with E-state index >= 15 is 0 Å². The van der Waals surface area contributed by atoms with Crippen molar-refractivity contribution in [2.75, 3.05) is 0 Å². The molecule has 1 atom stereocenters. The maximum atomic E-state index is 13.4. The molecule has 2 nitrogen and oxygen atoms in total. The van der Waals surface area contributed by atoms with Crippen molar-refractivity contribution >= 4 is 0 Å². The van der Waals surface area contributed by atoms with Gasteiger partial charge in [-0.1, -0.05) is 19.1 Å². The Bertz CT molecular complexity index is 452. The molecule has 0 aliphatic heterocycles. The normalized spacial score (nSPS) is 12.7. The first kappa shape index (κ1) is 9.83. The minimum atomic E-state index is -0.824. The summed E-state index contributed by atoms with van der Waals surface area (Å²) < 4.78 is 26.4. The highest BCUT2D eigenvalue weighted by molar-refractivity contribution is 5.28. The van der Waals surface area contributed by atoms with Crippen LogP contribution in [0.3, 0.4) is 0 Å². The van der Waals surface area contributed by atoms with Gasteiger partial charge >= 0.3 is 0 Å². The van der Waals surface area contributed by atoms with E-state index in [1.54, 1.807) is 19.2 Å². The molecular formula is C11H10F2N2. The molecule has 0 saturated carbocycles. The van der Waals surface area contributed by atoms with E-state index in [9.17, 15) is 8.78 Å². The van der Waals surface area contributed by atoms with E-state index in [-0.39, 0.29) is 5.92 Å². The van der Waals surface area contributed by atoms with E-state index in [1.165, 1.54) is 12.4 Å². The quantitative estimate of drug-likeness (QED) is 0.807. The summed E-state index contributed by atoms with van der Waals surface area (Å²) in [5, 5.41) is 0. The zero-order chi connectivity index (χ0) is 10.8. The van der Waals surface area contributed by atoms with Crippen LogP contribution in [0.25, 0.3) is 0 Å². The highest BCUT2D eigenvalue weighted by Gasteiger charge is 2.16. The van der Waals surface area contributed by atoms with Crippen molar-refractivity contribution in [3.8, 4) is 0 Å². The highest BCUT2D eigenvalue weighted by Crippen LogP contribution is 2.25. The molecule has 1 heterocycles. The number of H-pyrrole nitrogens is 1. The number of aromatic amines is 1. The van der Waals surface area contributed by atoms with Gasteiger partial charge in [-0.15, -0.1) is 0 Å². The molecule has 0 amide bonds. The molecule has 4 heteroatoms. The molecule has 1 aromatic heterocycles. The molecule has 2 aromatic rings. The average Bonchev–Trinajstić information content (AvgIpc) is 2.74. The topological polar surface area (TPSA) is 28.7 Å².